The summed E-state index contributed by atoms with van der Waals surface area (Å²) >= 11 is 0. The van der Waals surface area contributed by atoms with E-state index in [-0.39, 0.29) is 0 Å². The molecule has 0 aliphatic rings. The van der Waals surface area contributed by atoms with Crippen LogP contribution in [0, 0.1) is 0 Å². The van der Waals surface area contributed by atoms with Crippen LogP contribution in [0.4, 0.5) is 0 Å². The average Bonchev–Trinajstić information content (AvgIpc) is 2.98. The van der Waals surface area contributed by atoms with Crippen molar-refractivity contribution in [1.29, 1.82) is 0 Å². The molecular formula is C17H16N2. The van der Waals surface area contributed by atoms with Crippen LogP contribution < -0.4 is 0 Å². The van der Waals surface area contributed by atoms with E-state index in [2.05, 4.69) is 59.1 Å². The maximum atomic E-state index is 4.48. The first-order valence-corrected chi connectivity index (χ1v) is 6.55. The number of imidazole rings is 1. The zero-order valence-electron chi connectivity index (χ0n) is 11.0. The fourth-order valence-corrected chi connectivity index (χ4v) is 2.16. The van der Waals surface area contributed by atoms with Crippen molar-refractivity contribution in [3.05, 3.63) is 72.7 Å². The Morgan fingerprint density at radius 3 is 2.63 bits per heavy atom. The zero-order valence-corrected chi connectivity index (χ0v) is 11.0. The molecule has 0 fully saturated rings. The van der Waals surface area contributed by atoms with E-state index in [1.54, 1.807) is 0 Å². The van der Waals surface area contributed by atoms with E-state index in [0.29, 0.717) is 0 Å². The molecule has 1 heterocycles. The van der Waals surface area contributed by atoms with E-state index < -0.39 is 0 Å². The minimum atomic E-state index is 1.00. The number of rotatable bonds is 3. The maximum Gasteiger partial charge on any atom is 0.0999 e. The lowest BCUT2D eigenvalue weighted by Crippen LogP contribution is -1.91. The summed E-state index contributed by atoms with van der Waals surface area (Å²) in [6.07, 6.45) is 5.00. The van der Waals surface area contributed by atoms with Gasteiger partial charge < -0.3 is 4.57 Å². The molecule has 2 heteroatoms. The Bertz CT molecular complexity index is 668. The van der Waals surface area contributed by atoms with Gasteiger partial charge in [0.25, 0.3) is 0 Å². The summed E-state index contributed by atoms with van der Waals surface area (Å²) in [6.45, 7) is 2.17. The predicted molar refractivity (Wildman–Crippen MR) is 78.4 cm³/mol. The molecule has 0 unspecified atom stereocenters. The van der Waals surface area contributed by atoms with Crippen LogP contribution in [0.2, 0.25) is 0 Å². The highest BCUT2D eigenvalue weighted by Gasteiger charge is 2.03. The van der Waals surface area contributed by atoms with Crippen LogP contribution in [-0.4, -0.2) is 9.55 Å². The monoisotopic (exact) mass is 248 g/mol. The molecule has 0 saturated carbocycles. The number of aryl methyl sites for hydroxylation is 1. The smallest absolute Gasteiger partial charge is 0.0999 e. The van der Waals surface area contributed by atoms with Gasteiger partial charge in [0.2, 0.25) is 0 Å². The SMILES string of the molecule is CCc1cccc(-n2cnc(-c3ccccc3)c2)c1. The van der Waals surface area contributed by atoms with Crippen LogP contribution in [0.1, 0.15) is 12.5 Å². The number of hydrogen-bond acceptors (Lipinski definition) is 1. The van der Waals surface area contributed by atoms with Crippen LogP contribution in [0.5, 0.6) is 0 Å². The second-order valence-corrected chi connectivity index (χ2v) is 4.56. The molecule has 0 saturated heterocycles. The summed E-state index contributed by atoms with van der Waals surface area (Å²) in [5.74, 6) is 0. The maximum absolute atomic E-state index is 4.48. The van der Waals surface area contributed by atoms with Crippen molar-refractivity contribution < 1.29 is 0 Å². The molecule has 2 nitrogen and oxygen atoms in total. The minimum absolute atomic E-state index is 1.00. The standard InChI is InChI=1S/C17H16N2/c1-2-14-7-6-10-16(11-14)19-12-17(18-13-19)15-8-4-3-5-9-15/h3-13H,2H2,1H3. The third-order valence-corrected chi connectivity index (χ3v) is 3.27. The van der Waals surface area contributed by atoms with Gasteiger partial charge in [-0.1, -0.05) is 49.4 Å². The molecule has 0 amide bonds. The van der Waals surface area contributed by atoms with E-state index in [9.17, 15) is 0 Å². The van der Waals surface area contributed by atoms with Crippen LogP contribution in [0.25, 0.3) is 16.9 Å². The quantitative estimate of drug-likeness (QED) is 0.682. The molecule has 3 aromatic rings. The Balaban J connectivity index is 1.97. The largest absolute Gasteiger partial charge is 0.306 e. The van der Waals surface area contributed by atoms with Crippen molar-refractivity contribution >= 4 is 0 Å². The fourth-order valence-electron chi connectivity index (χ4n) is 2.16. The highest BCUT2D eigenvalue weighted by atomic mass is 15.0. The summed E-state index contributed by atoms with van der Waals surface area (Å²) < 4.78 is 2.07. The fraction of sp³-hybridized carbons (Fsp3) is 0.118. The summed E-state index contributed by atoms with van der Waals surface area (Å²) in [4.78, 5) is 4.48. The molecule has 1 aromatic heterocycles. The molecule has 0 aliphatic carbocycles. The van der Waals surface area contributed by atoms with Crippen LogP contribution in [-0.2, 0) is 6.42 Å². The second kappa shape index (κ2) is 5.11. The Hall–Kier alpha value is -2.35. The first-order chi connectivity index (χ1) is 9.36. The third kappa shape index (κ3) is 2.43. The first kappa shape index (κ1) is 11.7. The van der Waals surface area contributed by atoms with Crippen molar-refractivity contribution in [3.63, 3.8) is 0 Å². The second-order valence-electron chi connectivity index (χ2n) is 4.56. The van der Waals surface area contributed by atoms with E-state index in [1.807, 2.05) is 24.5 Å². The van der Waals surface area contributed by atoms with Crippen LogP contribution >= 0.6 is 0 Å². The van der Waals surface area contributed by atoms with Crippen LogP contribution in [0.15, 0.2) is 67.1 Å². The molecule has 0 aliphatic heterocycles. The molecule has 2 aromatic carbocycles. The van der Waals surface area contributed by atoms with Gasteiger partial charge in [0.1, 0.15) is 0 Å². The molecule has 94 valence electrons. The summed E-state index contributed by atoms with van der Waals surface area (Å²) in [5, 5.41) is 0. The molecule has 0 spiro atoms. The van der Waals surface area contributed by atoms with Crippen molar-refractivity contribution in [2.45, 2.75) is 13.3 Å². The molecule has 3 rings (SSSR count). The number of aromatic nitrogens is 2. The van der Waals surface area contributed by atoms with Gasteiger partial charge in [-0.2, -0.15) is 0 Å². The Kier molecular flexibility index (Phi) is 3.15. The highest BCUT2D eigenvalue weighted by Crippen LogP contribution is 2.19. The molecule has 0 radical (unpaired) electrons. The average molecular weight is 248 g/mol. The van der Waals surface area contributed by atoms with Crippen molar-refractivity contribution in [1.82, 2.24) is 9.55 Å². The lowest BCUT2D eigenvalue weighted by atomic mass is 10.1. The number of benzene rings is 2. The highest BCUT2D eigenvalue weighted by molar-refractivity contribution is 5.58. The van der Waals surface area contributed by atoms with Gasteiger partial charge in [-0.05, 0) is 24.1 Å². The zero-order chi connectivity index (χ0) is 13.1. The normalized spacial score (nSPS) is 10.6. The van der Waals surface area contributed by atoms with E-state index >= 15 is 0 Å². The molecule has 0 N–H and O–H groups in total. The van der Waals surface area contributed by atoms with Gasteiger partial charge in [-0.15, -0.1) is 0 Å². The summed E-state index contributed by atoms with van der Waals surface area (Å²) in [5.41, 5.74) is 4.65. The molecular weight excluding hydrogens is 232 g/mol. The molecule has 0 atom stereocenters. The first-order valence-electron chi connectivity index (χ1n) is 6.55. The van der Waals surface area contributed by atoms with Gasteiger partial charge in [0.15, 0.2) is 0 Å². The Morgan fingerprint density at radius 1 is 1.00 bits per heavy atom. The lowest BCUT2D eigenvalue weighted by Gasteiger charge is -2.03. The van der Waals surface area contributed by atoms with Gasteiger partial charge in [-0.3, -0.25) is 0 Å². The Labute approximate surface area is 113 Å². The molecule has 19 heavy (non-hydrogen) atoms. The minimum Gasteiger partial charge on any atom is -0.306 e. The Morgan fingerprint density at radius 2 is 1.84 bits per heavy atom. The van der Waals surface area contributed by atoms with Gasteiger partial charge in [0.05, 0.1) is 12.0 Å². The van der Waals surface area contributed by atoms with E-state index in [0.717, 1.165) is 23.4 Å². The third-order valence-electron chi connectivity index (χ3n) is 3.27. The topological polar surface area (TPSA) is 17.8 Å². The summed E-state index contributed by atoms with van der Waals surface area (Å²) in [7, 11) is 0. The number of nitrogens with zero attached hydrogens (tertiary/aromatic N) is 2. The van der Waals surface area contributed by atoms with Crippen LogP contribution in [0.3, 0.4) is 0 Å². The van der Waals surface area contributed by atoms with Gasteiger partial charge in [0, 0.05) is 17.4 Å². The van der Waals surface area contributed by atoms with Crippen molar-refractivity contribution in [2.24, 2.45) is 0 Å². The van der Waals surface area contributed by atoms with Crippen molar-refractivity contribution in [2.75, 3.05) is 0 Å². The van der Waals surface area contributed by atoms with E-state index in [4.69, 9.17) is 0 Å². The van der Waals surface area contributed by atoms with Crippen molar-refractivity contribution in [3.8, 4) is 16.9 Å². The summed E-state index contributed by atoms with van der Waals surface area (Å²) in [6, 6.07) is 18.8. The van der Waals surface area contributed by atoms with Gasteiger partial charge in [-0.25, -0.2) is 4.98 Å². The number of hydrogen-bond donors (Lipinski definition) is 0. The van der Waals surface area contributed by atoms with E-state index in [1.165, 1.54) is 5.56 Å². The molecule has 0 bridgehead atoms. The lowest BCUT2D eigenvalue weighted by molar-refractivity contribution is 1.04. The predicted octanol–water partition coefficient (Wildman–Crippen LogP) is 4.10. The van der Waals surface area contributed by atoms with Gasteiger partial charge >= 0.3 is 0 Å².